The number of hydrogen-bond acceptors (Lipinski definition) is 4. The van der Waals surface area contributed by atoms with Gasteiger partial charge in [0.1, 0.15) is 6.54 Å². The van der Waals surface area contributed by atoms with Crippen LogP contribution in [0.3, 0.4) is 0 Å². The van der Waals surface area contributed by atoms with Crippen LogP contribution in [0.2, 0.25) is 0 Å². The standard InChI is InChI=1S/C10H18N4O2/c1-3-5-11-10(16)7-14-8(2)9(4-6-15)12-13-14/h15H,3-7H2,1-2H3,(H,11,16). The summed E-state index contributed by atoms with van der Waals surface area (Å²) in [6, 6.07) is 0. The Labute approximate surface area is 94.7 Å². The monoisotopic (exact) mass is 226 g/mol. The summed E-state index contributed by atoms with van der Waals surface area (Å²) in [7, 11) is 0. The smallest absolute Gasteiger partial charge is 0.241 e. The van der Waals surface area contributed by atoms with Crippen molar-refractivity contribution in [1.29, 1.82) is 0 Å². The molecule has 0 fully saturated rings. The van der Waals surface area contributed by atoms with Gasteiger partial charge in [-0.3, -0.25) is 4.79 Å². The fourth-order valence-electron chi connectivity index (χ4n) is 1.34. The molecule has 6 nitrogen and oxygen atoms in total. The number of rotatable bonds is 6. The molecule has 1 aromatic rings. The van der Waals surface area contributed by atoms with E-state index in [2.05, 4.69) is 15.6 Å². The lowest BCUT2D eigenvalue weighted by atomic mass is 10.3. The number of nitrogens with one attached hydrogen (secondary N) is 1. The second-order valence-electron chi connectivity index (χ2n) is 3.60. The second-order valence-corrected chi connectivity index (χ2v) is 3.60. The summed E-state index contributed by atoms with van der Waals surface area (Å²) >= 11 is 0. The van der Waals surface area contributed by atoms with Gasteiger partial charge in [-0.05, 0) is 13.3 Å². The van der Waals surface area contributed by atoms with Gasteiger partial charge in [0.15, 0.2) is 0 Å². The van der Waals surface area contributed by atoms with Crippen molar-refractivity contribution in [3.8, 4) is 0 Å². The molecule has 1 heterocycles. The van der Waals surface area contributed by atoms with Gasteiger partial charge in [-0.2, -0.15) is 0 Å². The predicted molar refractivity (Wildman–Crippen MR) is 58.8 cm³/mol. The van der Waals surface area contributed by atoms with Gasteiger partial charge >= 0.3 is 0 Å². The Balaban J connectivity index is 2.56. The number of hydrogen-bond donors (Lipinski definition) is 2. The maximum atomic E-state index is 11.4. The lowest BCUT2D eigenvalue weighted by molar-refractivity contribution is -0.121. The summed E-state index contributed by atoms with van der Waals surface area (Å²) in [5, 5.41) is 19.4. The van der Waals surface area contributed by atoms with E-state index in [1.54, 1.807) is 4.68 Å². The largest absolute Gasteiger partial charge is 0.396 e. The zero-order valence-corrected chi connectivity index (χ0v) is 9.73. The molecule has 0 aliphatic rings. The molecule has 0 bridgehead atoms. The predicted octanol–water partition coefficient (Wildman–Crippen LogP) is -0.352. The summed E-state index contributed by atoms with van der Waals surface area (Å²) in [6.07, 6.45) is 1.39. The Morgan fingerprint density at radius 3 is 2.94 bits per heavy atom. The van der Waals surface area contributed by atoms with Crippen LogP contribution in [-0.4, -0.2) is 39.2 Å². The normalized spacial score (nSPS) is 10.4. The van der Waals surface area contributed by atoms with Crippen LogP contribution < -0.4 is 5.32 Å². The zero-order valence-electron chi connectivity index (χ0n) is 9.73. The lowest BCUT2D eigenvalue weighted by Gasteiger charge is -2.04. The maximum Gasteiger partial charge on any atom is 0.241 e. The number of carbonyl (C=O) groups is 1. The fourth-order valence-corrected chi connectivity index (χ4v) is 1.34. The van der Waals surface area contributed by atoms with E-state index >= 15 is 0 Å². The number of aliphatic hydroxyl groups is 1. The minimum atomic E-state index is -0.0644. The van der Waals surface area contributed by atoms with Gasteiger partial charge in [0.25, 0.3) is 0 Å². The second kappa shape index (κ2) is 6.22. The first-order chi connectivity index (χ1) is 7.69. The van der Waals surface area contributed by atoms with E-state index in [9.17, 15) is 4.79 Å². The summed E-state index contributed by atoms with van der Waals surface area (Å²) in [5.74, 6) is -0.0644. The van der Waals surface area contributed by atoms with E-state index in [0.29, 0.717) is 13.0 Å². The Morgan fingerprint density at radius 2 is 2.31 bits per heavy atom. The zero-order chi connectivity index (χ0) is 12.0. The van der Waals surface area contributed by atoms with Crippen LogP contribution in [0.15, 0.2) is 0 Å². The molecule has 1 aromatic heterocycles. The third kappa shape index (κ3) is 3.30. The van der Waals surface area contributed by atoms with Gasteiger partial charge in [0.2, 0.25) is 5.91 Å². The van der Waals surface area contributed by atoms with Gasteiger partial charge in [-0.15, -0.1) is 5.10 Å². The molecule has 0 radical (unpaired) electrons. The molecule has 0 unspecified atom stereocenters. The van der Waals surface area contributed by atoms with Gasteiger partial charge in [0, 0.05) is 19.6 Å². The quantitative estimate of drug-likeness (QED) is 0.694. The van der Waals surface area contributed by atoms with Crippen molar-refractivity contribution in [2.75, 3.05) is 13.2 Å². The van der Waals surface area contributed by atoms with Crippen molar-refractivity contribution in [2.45, 2.75) is 33.2 Å². The van der Waals surface area contributed by atoms with Crippen LogP contribution in [0.1, 0.15) is 24.7 Å². The van der Waals surface area contributed by atoms with Crippen LogP contribution >= 0.6 is 0 Å². The summed E-state index contributed by atoms with van der Waals surface area (Å²) in [6.45, 7) is 4.75. The first-order valence-electron chi connectivity index (χ1n) is 5.45. The van der Waals surface area contributed by atoms with Crippen LogP contribution in [0.5, 0.6) is 0 Å². The summed E-state index contributed by atoms with van der Waals surface area (Å²) < 4.78 is 1.55. The highest BCUT2D eigenvalue weighted by atomic mass is 16.3. The molecule has 0 saturated heterocycles. The van der Waals surface area contributed by atoms with E-state index in [1.165, 1.54) is 0 Å². The molecule has 0 atom stereocenters. The minimum absolute atomic E-state index is 0.0432. The molecule has 1 amide bonds. The van der Waals surface area contributed by atoms with E-state index in [4.69, 9.17) is 5.11 Å². The average molecular weight is 226 g/mol. The summed E-state index contributed by atoms with van der Waals surface area (Å²) in [4.78, 5) is 11.4. The number of carbonyl (C=O) groups excluding carboxylic acids is 1. The van der Waals surface area contributed by atoms with Crippen LogP contribution in [-0.2, 0) is 17.8 Å². The van der Waals surface area contributed by atoms with Crippen molar-refractivity contribution in [3.05, 3.63) is 11.4 Å². The first kappa shape index (κ1) is 12.6. The Kier molecular flexibility index (Phi) is 4.91. The molecule has 16 heavy (non-hydrogen) atoms. The first-order valence-corrected chi connectivity index (χ1v) is 5.45. The van der Waals surface area contributed by atoms with Crippen molar-refractivity contribution < 1.29 is 9.90 Å². The van der Waals surface area contributed by atoms with Gasteiger partial charge < -0.3 is 10.4 Å². The molecule has 0 aliphatic carbocycles. The highest BCUT2D eigenvalue weighted by molar-refractivity contribution is 5.75. The molecule has 0 aliphatic heterocycles. The van der Waals surface area contributed by atoms with E-state index in [-0.39, 0.29) is 19.1 Å². The fraction of sp³-hybridized carbons (Fsp3) is 0.700. The Hall–Kier alpha value is -1.43. The number of aliphatic hydroxyl groups excluding tert-OH is 1. The third-order valence-electron chi connectivity index (χ3n) is 2.29. The minimum Gasteiger partial charge on any atom is -0.396 e. The summed E-state index contributed by atoms with van der Waals surface area (Å²) in [5.41, 5.74) is 1.58. The molecule has 1 rings (SSSR count). The Morgan fingerprint density at radius 1 is 1.56 bits per heavy atom. The molecule has 2 N–H and O–H groups in total. The lowest BCUT2D eigenvalue weighted by Crippen LogP contribution is -2.28. The number of nitrogens with zero attached hydrogens (tertiary/aromatic N) is 3. The average Bonchev–Trinajstić information content (AvgIpc) is 2.59. The topological polar surface area (TPSA) is 80.0 Å². The van der Waals surface area contributed by atoms with Crippen molar-refractivity contribution in [3.63, 3.8) is 0 Å². The molecule has 6 heteroatoms. The van der Waals surface area contributed by atoms with Gasteiger partial charge in [-0.25, -0.2) is 4.68 Å². The highest BCUT2D eigenvalue weighted by Gasteiger charge is 2.10. The van der Waals surface area contributed by atoms with Crippen molar-refractivity contribution in [1.82, 2.24) is 20.3 Å². The third-order valence-corrected chi connectivity index (χ3v) is 2.29. The van der Waals surface area contributed by atoms with Gasteiger partial charge in [0.05, 0.1) is 11.4 Å². The maximum absolute atomic E-state index is 11.4. The van der Waals surface area contributed by atoms with E-state index < -0.39 is 0 Å². The number of aromatic nitrogens is 3. The number of amides is 1. The van der Waals surface area contributed by atoms with E-state index in [1.807, 2.05) is 13.8 Å². The van der Waals surface area contributed by atoms with E-state index in [0.717, 1.165) is 17.8 Å². The molecule has 0 saturated carbocycles. The SMILES string of the molecule is CCCNC(=O)Cn1nnc(CCO)c1C. The van der Waals surface area contributed by atoms with Gasteiger partial charge in [-0.1, -0.05) is 12.1 Å². The Bertz CT molecular complexity index is 349. The molecular formula is C10H18N4O2. The van der Waals surface area contributed by atoms with Crippen molar-refractivity contribution >= 4 is 5.91 Å². The van der Waals surface area contributed by atoms with Crippen LogP contribution in [0.25, 0.3) is 0 Å². The molecular weight excluding hydrogens is 208 g/mol. The highest BCUT2D eigenvalue weighted by Crippen LogP contribution is 2.03. The van der Waals surface area contributed by atoms with Crippen LogP contribution in [0, 0.1) is 6.92 Å². The molecule has 0 aromatic carbocycles. The van der Waals surface area contributed by atoms with Crippen LogP contribution in [0.4, 0.5) is 0 Å². The molecule has 0 spiro atoms. The molecule has 90 valence electrons. The van der Waals surface area contributed by atoms with Crippen molar-refractivity contribution in [2.24, 2.45) is 0 Å².